The summed E-state index contributed by atoms with van der Waals surface area (Å²) in [4.78, 5) is 18.4. The average molecular weight is 615 g/mol. The predicted octanol–water partition coefficient (Wildman–Crippen LogP) is 6.86. The van der Waals surface area contributed by atoms with Gasteiger partial charge in [0.15, 0.2) is 0 Å². The Labute approximate surface area is 262 Å². The van der Waals surface area contributed by atoms with Gasteiger partial charge in [0.05, 0.1) is 4.90 Å². The van der Waals surface area contributed by atoms with Gasteiger partial charge in [0.25, 0.3) is 15.9 Å². The maximum absolute atomic E-state index is 13.9. The van der Waals surface area contributed by atoms with Crippen LogP contribution in [0.15, 0.2) is 77.7 Å². The number of benzene rings is 3. The average Bonchev–Trinajstić information content (AvgIpc) is 3.33. The Balaban J connectivity index is 1.48. The Kier molecular flexibility index (Phi) is 8.71. The summed E-state index contributed by atoms with van der Waals surface area (Å²) in [6.07, 6.45) is 0. The molecule has 0 aliphatic carbocycles. The number of amides is 1. The molecule has 1 fully saturated rings. The van der Waals surface area contributed by atoms with E-state index >= 15 is 0 Å². The largest absolute Gasteiger partial charge is 0.335 e. The van der Waals surface area contributed by atoms with Gasteiger partial charge in [-0.2, -0.15) is 0 Å². The van der Waals surface area contributed by atoms with Gasteiger partial charge in [0.2, 0.25) is 0 Å². The van der Waals surface area contributed by atoms with Crippen LogP contribution in [0.3, 0.4) is 0 Å². The Morgan fingerprint density at radius 1 is 0.773 bits per heavy atom. The Morgan fingerprint density at radius 3 is 1.89 bits per heavy atom. The first-order valence-electron chi connectivity index (χ1n) is 15.5. The van der Waals surface area contributed by atoms with Crippen LogP contribution in [0.25, 0.3) is 10.9 Å². The van der Waals surface area contributed by atoms with Crippen LogP contribution in [0.2, 0.25) is 0 Å². The third kappa shape index (κ3) is 6.87. The highest BCUT2D eigenvalue weighted by molar-refractivity contribution is 7.92. The number of hydrogen-bond donors (Lipinski definition) is 1. The quantitative estimate of drug-likeness (QED) is 0.247. The van der Waals surface area contributed by atoms with E-state index in [1.165, 1.54) is 5.56 Å². The molecule has 2 heterocycles. The minimum atomic E-state index is -3.79. The molecule has 1 aromatic heterocycles. The Hall–Kier alpha value is -3.62. The lowest BCUT2D eigenvalue weighted by Crippen LogP contribution is -2.48. The van der Waals surface area contributed by atoms with Crippen molar-refractivity contribution in [3.8, 4) is 0 Å². The van der Waals surface area contributed by atoms with Crippen molar-refractivity contribution in [2.75, 3.05) is 37.4 Å². The zero-order valence-corrected chi connectivity index (χ0v) is 28.0. The van der Waals surface area contributed by atoms with Gasteiger partial charge in [-0.3, -0.25) is 9.52 Å². The zero-order valence-electron chi connectivity index (χ0n) is 27.1. The van der Waals surface area contributed by atoms with Crippen LogP contribution in [0.5, 0.6) is 0 Å². The van der Waals surface area contributed by atoms with Crippen molar-refractivity contribution in [2.45, 2.75) is 70.7 Å². The number of carbonyl (C=O) groups excluding carboxylic acids is 1. The molecule has 7 nitrogen and oxygen atoms in total. The van der Waals surface area contributed by atoms with E-state index in [0.29, 0.717) is 31.0 Å². The molecule has 1 amide bonds. The van der Waals surface area contributed by atoms with E-state index in [0.717, 1.165) is 41.7 Å². The summed E-state index contributed by atoms with van der Waals surface area (Å²) in [6.45, 7) is 19.6. The van der Waals surface area contributed by atoms with Gasteiger partial charge >= 0.3 is 0 Å². The molecule has 0 unspecified atom stereocenters. The fourth-order valence-corrected chi connectivity index (χ4v) is 6.80. The highest BCUT2D eigenvalue weighted by Gasteiger charge is 2.26. The maximum atomic E-state index is 13.9. The fourth-order valence-electron chi connectivity index (χ4n) is 5.75. The van der Waals surface area contributed by atoms with Crippen LogP contribution in [0.4, 0.5) is 5.69 Å². The molecule has 1 saturated heterocycles. The number of nitrogens with zero attached hydrogens (tertiary/aromatic N) is 3. The van der Waals surface area contributed by atoms with Crippen LogP contribution >= 0.6 is 0 Å². The van der Waals surface area contributed by atoms with Crippen molar-refractivity contribution in [1.82, 2.24) is 14.4 Å². The molecule has 0 atom stereocenters. The zero-order chi connectivity index (χ0) is 31.9. The standard InChI is InChI=1S/C36H46N4O3S/c1-8-38-19-21-39(22-20-38)34(41)33-24-27-23-30(37-44(42,43)31-16-13-29(14-17-31)36(5,6)7)15-18-32(27)40(33)25-26-9-11-28(12-10-26)35(2,3)4/h9-18,23-24,37H,8,19-22,25H2,1-7H3. The lowest BCUT2D eigenvalue weighted by molar-refractivity contribution is 0.0633. The van der Waals surface area contributed by atoms with Gasteiger partial charge in [-0.15, -0.1) is 0 Å². The molecule has 0 radical (unpaired) electrons. The number of likely N-dealkylation sites (N-methyl/N-ethyl adjacent to an activating group) is 1. The number of anilines is 1. The minimum absolute atomic E-state index is 0.00401. The second-order valence-electron chi connectivity index (χ2n) is 13.9. The van der Waals surface area contributed by atoms with Crippen molar-refractivity contribution in [3.63, 3.8) is 0 Å². The molecule has 1 N–H and O–H groups in total. The lowest BCUT2D eigenvalue weighted by atomic mass is 9.87. The molecular formula is C36H46N4O3S. The van der Waals surface area contributed by atoms with Gasteiger partial charge in [-0.25, -0.2) is 8.42 Å². The highest BCUT2D eigenvalue weighted by Crippen LogP contribution is 2.29. The van der Waals surface area contributed by atoms with Crippen LogP contribution < -0.4 is 4.72 Å². The first kappa shape index (κ1) is 31.8. The molecule has 44 heavy (non-hydrogen) atoms. The third-order valence-corrected chi connectivity index (χ3v) is 10.1. The summed E-state index contributed by atoms with van der Waals surface area (Å²) in [7, 11) is -3.79. The summed E-state index contributed by atoms with van der Waals surface area (Å²) in [6, 6.07) is 23.0. The van der Waals surface area contributed by atoms with Gasteiger partial charge in [-0.05, 0) is 70.5 Å². The number of fused-ring (bicyclic) bond motifs is 1. The molecule has 3 aromatic carbocycles. The van der Waals surface area contributed by atoms with E-state index in [4.69, 9.17) is 0 Å². The predicted molar refractivity (Wildman–Crippen MR) is 180 cm³/mol. The summed E-state index contributed by atoms with van der Waals surface area (Å²) >= 11 is 0. The van der Waals surface area contributed by atoms with E-state index in [9.17, 15) is 13.2 Å². The fraction of sp³-hybridized carbons (Fsp3) is 0.417. The lowest BCUT2D eigenvalue weighted by Gasteiger charge is -2.34. The van der Waals surface area contributed by atoms with Gasteiger partial charge in [-0.1, -0.05) is 84.9 Å². The minimum Gasteiger partial charge on any atom is -0.335 e. The van der Waals surface area contributed by atoms with Crippen LogP contribution in [0, 0.1) is 0 Å². The summed E-state index contributed by atoms with van der Waals surface area (Å²) in [5, 5.41) is 0.815. The van der Waals surface area contributed by atoms with Crippen LogP contribution in [-0.2, 0) is 27.4 Å². The van der Waals surface area contributed by atoms with Gasteiger partial charge in [0, 0.05) is 49.3 Å². The molecule has 4 aromatic rings. The molecule has 5 rings (SSSR count). The molecule has 1 aliphatic heterocycles. The van der Waals surface area contributed by atoms with Crippen molar-refractivity contribution in [1.29, 1.82) is 0 Å². The summed E-state index contributed by atoms with van der Waals surface area (Å²) in [5.74, 6) is 0.00401. The van der Waals surface area contributed by atoms with Gasteiger partial charge < -0.3 is 14.4 Å². The van der Waals surface area contributed by atoms with E-state index in [1.807, 2.05) is 35.2 Å². The molecule has 8 heteroatoms. The summed E-state index contributed by atoms with van der Waals surface area (Å²) in [5.41, 5.74) is 5.37. The number of hydrogen-bond acceptors (Lipinski definition) is 4. The topological polar surface area (TPSA) is 74.7 Å². The van der Waals surface area contributed by atoms with Crippen LogP contribution in [0.1, 0.15) is 75.6 Å². The number of nitrogens with one attached hydrogen (secondary N) is 1. The molecule has 0 saturated carbocycles. The van der Waals surface area contributed by atoms with E-state index in [1.54, 1.807) is 18.2 Å². The van der Waals surface area contributed by atoms with Crippen molar-refractivity contribution >= 4 is 32.5 Å². The van der Waals surface area contributed by atoms with Crippen LogP contribution in [-0.4, -0.2) is 61.4 Å². The molecule has 0 bridgehead atoms. The monoisotopic (exact) mass is 614 g/mol. The first-order chi connectivity index (χ1) is 20.7. The van der Waals surface area contributed by atoms with Crippen molar-refractivity contribution in [3.05, 3.63) is 95.2 Å². The third-order valence-electron chi connectivity index (χ3n) is 8.67. The summed E-state index contributed by atoms with van der Waals surface area (Å²) < 4.78 is 31.4. The molecule has 1 aliphatic rings. The second-order valence-corrected chi connectivity index (χ2v) is 15.6. The normalized spacial score (nSPS) is 15.1. The molecule has 0 spiro atoms. The number of rotatable bonds is 7. The van der Waals surface area contributed by atoms with Crippen molar-refractivity contribution < 1.29 is 13.2 Å². The number of piperazine rings is 1. The maximum Gasteiger partial charge on any atom is 0.270 e. The SMILES string of the molecule is CCN1CCN(C(=O)c2cc3cc(NS(=O)(=O)c4ccc(C(C)(C)C)cc4)ccc3n2Cc2ccc(C(C)(C)C)cc2)CC1. The molecular weight excluding hydrogens is 568 g/mol. The van der Waals surface area contributed by atoms with E-state index < -0.39 is 10.0 Å². The Bertz CT molecular complexity index is 1730. The van der Waals surface area contributed by atoms with Crippen molar-refractivity contribution in [2.24, 2.45) is 0 Å². The number of aromatic nitrogens is 1. The Morgan fingerprint density at radius 2 is 1.34 bits per heavy atom. The van der Waals surface area contributed by atoms with E-state index in [-0.39, 0.29) is 21.6 Å². The smallest absolute Gasteiger partial charge is 0.270 e. The number of carbonyl (C=O) groups is 1. The van der Waals surface area contributed by atoms with Gasteiger partial charge in [0.1, 0.15) is 5.69 Å². The number of sulfonamides is 1. The molecule has 234 valence electrons. The second kappa shape index (κ2) is 12.1. The van der Waals surface area contributed by atoms with E-state index in [2.05, 4.69) is 86.9 Å². The first-order valence-corrected chi connectivity index (χ1v) is 17.0. The highest BCUT2D eigenvalue weighted by atomic mass is 32.2.